The fourth-order valence-corrected chi connectivity index (χ4v) is 2.20. The summed E-state index contributed by atoms with van der Waals surface area (Å²) in [6, 6.07) is 21.2. The summed E-state index contributed by atoms with van der Waals surface area (Å²) >= 11 is 0. The normalized spacial score (nSPS) is 10.7. The maximum absolute atomic E-state index is 7.32. The Bertz CT molecular complexity index is 382. The van der Waals surface area contributed by atoms with Gasteiger partial charge in [0.05, 0.1) is 0 Å². The highest BCUT2D eigenvalue weighted by Gasteiger charge is 2.12. The quantitative estimate of drug-likeness (QED) is 0.736. The Balaban J connectivity index is 2.26. The minimum atomic E-state index is 0.433. The maximum atomic E-state index is 7.32. The molecule has 87 valence electrons. The third kappa shape index (κ3) is 3.18. The molecule has 0 aliphatic heterocycles. The molecule has 1 heteroatoms. The van der Waals surface area contributed by atoms with Crippen LogP contribution in [-0.4, -0.2) is 6.54 Å². The number of nitrogens with one attached hydrogen (secondary N) is 1. The average Bonchev–Trinajstić information content (AvgIpc) is 2.42. The lowest BCUT2D eigenvalue weighted by Crippen LogP contribution is -2.02. The molecule has 0 spiro atoms. The van der Waals surface area contributed by atoms with Crippen LogP contribution in [0.1, 0.15) is 29.9 Å². The van der Waals surface area contributed by atoms with E-state index in [0.717, 1.165) is 12.8 Å². The lowest BCUT2D eigenvalue weighted by Gasteiger charge is -2.17. The standard InChI is InChI=1S/C16H18N/c17-13-7-12-16(14-8-3-1-4-9-14)15-10-5-2-6-11-15/h1-6,8-11,16-17H,7,12-13H2. The Hall–Kier alpha value is -1.60. The molecule has 2 rings (SSSR count). The molecule has 0 saturated carbocycles. The van der Waals surface area contributed by atoms with E-state index in [-0.39, 0.29) is 0 Å². The highest BCUT2D eigenvalue weighted by Crippen LogP contribution is 2.28. The summed E-state index contributed by atoms with van der Waals surface area (Å²) in [5.74, 6) is 0.433. The Kier molecular flexibility index (Phi) is 4.34. The zero-order valence-corrected chi connectivity index (χ0v) is 9.97. The average molecular weight is 224 g/mol. The summed E-state index contributed by atoms with van der Waals surface area (Å²) in [4.78, 5) is 0. The topological polar surface area (TPSA) is 23.8 Å². The third-order valence-electron chi connectivity index (χ3n) is 3.07. The molecule has 2 aromatic rings. The zero-order chi connectivity index (χ0) is 11.9. The van der Waals surface area contributed by atoms with Crippen molar-refractivity contribution in [1.82, 2.24) is 5.73 Å². The summed E-state index contributed by atoms with van der Waals surface area (Å²) < 4.78 is 0. The second-order valence-corrected chi connectivity index (χ2v) is 4.27. The molecule has 2 aromatic carbocycles. The van der Waals surface area contributed by atoms with E-state index in [1.807, 2.05) is 0 Å². The molecule has 0 saturated heterocycles. The van der Waals surface area contributed by atoms with Crippen molar-refractivity contribution >= 4 is 0 Å². The third-order valence-corrected chi connectivity index (χ3v) is 3.07. The van der Waals surface area contributed by atoms with E-state index in [2.05, 4.69) is 60.7 Å². The monoisotopic (exact) mass is 224 g/mol. The van der Waals surface area contributed by atoms with Crippen molar-refractivity contribution in [1.29, 1.82) is 0 Å². The van der Waals surface area contributed by atoms with Gasteiger partial charge in [0, 0.05) is 12.5 Å². The van der Waals surface area contributed by atoms with E-state index in [1.165, 1.54) is 11.1 Å². The Labute approximate surface area is 103 Å². The van der Waals surface area contributed by atoms with Gasteiger partial charge in [0.25, 0.3) is 0 Å². The Morgan fingerprint density at radius 2 is 1.24 bits per heavy atom. The van der Waals surface area contributed by atoms with E-state index in [4.69, 9.17) is 5.73 Å². The highest BCUT2D eigenvalue weighted by atomic mass is 14.5. The molecule has 1 nitrogen and oxygen atoms in total. The molecule has 0 fully saturated rings. The molecule has 0 aliphatic rings. The summed E-state index contributed by atoms with van der Waals surface area (Å²) in [5.41, 5.74) is 10.0. The summed E-state index contributed by atoms with van der Waals surface area (Å²) in [6.07, 6.45) is 2.01. The molecule has 0 unspecified atom stereocenters. The van der Waals surface area contributed by atoms with Gasteiger partial charge in [-0.25, -0.2) is 0 Å². The van der Waals surface area contributed by atoms with Gasteiger partial charge in [0.1, 0.15) is 0 Å². The van der Waals surface area contributed by atoms with Crippen LogP contribution in [0.2, 0.25) is 0 Å². The number of benzene rings is 2. The van der Waals surface area contributed by atoms with Crippen molar-refractivity contribution in [2.24, 2.45) is 0 Å². The zero-order valence-electron chi connectivity index (χ0n) is 9.97. The van der Waals surface area contributed by atoms with Crippen LogP contribution in [0.5, 0.6) is 0 Å². The van der Waals surface area contributed by atoms with Gasteiger partial charge in [-0.1, -0.05) is 60.7 Å². The molecular formula is C16H18N. The van der Waals surface area contributed by atoms with Gasteiger partial charge >= 0.3 is 0 Å². The minimum absolute atomic E-state index is 0.433. The van der Waals surface area contributed by atoms with Gasteiger partial charge in [0.2, 0.25) is 0 Å². The van der Waals surface area contributed by atoms with E-state index in [0.29, 0.717) is 12.5 Å². The minimum Gasteiger partial charge on any atom is -0.258 e. The number of hydrogen-bond donors (Lipinski definition) is 0. The lowest BCUT2D eigenvalue weighted by molar-refractivity contribution is 0.664. The number of hydrogen-bond acceptors (Lipinski definition) is 0. The lowest BCUT2D eigenvalue weighted by atomic mass is 9.87. The molecule has 0 amide bonds. The Morgan fingerprint density at radius 1 is 0.765 bits per heavy atom. The summed E-state index contributed by atoms with van der Waals surface area (Å²) in [7, 11) is 0. The van der Waals surface area contributed by atoms with Crippen LogP contribution in [0.4, 0.5) is 0 Å². The van der Waals surface area contributed by atoms with Gasteiger partial charge in [-0.05, 0) is 24.0 Å². The van der Waals surface area contributed by atoms with Gasteiger partial charge in [-0.15, -0.1) is 0 Å². The van der Waals surface area contributed by atoms with Crippen molar-refractivity contribution < 1.29 is 0 Å². The van der Waals surface area contributed by atoms with Gasteiger partial charge < -0.3 is 0 Å². The van der Waals surface area contributed by atoms with Crippen molar-refractivity contribution in [2.75, 3.05) is 6.54 Å². The van der Waals surface area contributed by atoms with E-state index in [9.17, 15) is 0 Å². The molecule has 0 aliphatic carbocycles. The predicted molar refractivity (Wildman–Crippen MR) is 71.9 cm³/mol. The summed E-state index contributed by atoms with van der Waals surface area (Å²) in [5, 5.41) is 0. The maximum Gasteiger partial charge on any atom is 0.0100 e. The molecule has 0 bridgehead atoms. The first-order chi connectivity index (χ1) is 8.42. The predicted octanol–water partition coefficient (Wildman–Crippen LogP) is 3.88. The van der Waals surface area contributed by atoms with Crippen LogP contribution in [-0.2, 0) is 0 Å². The van der Waals surface area contributed by atoms with Crippen LogP contribution < -0.4 is 5.73 Å². The van der Waals surface area contributed by atoms with Crippen LogP contribution in [0.25, 0.3) is 0 Å². The Morgan fingerprint density at radius 3 is 1.65 bits per heavy atom. The van der Waals surface area contributed by atoms with Crippen LogP contribution in [0.3, 0.4) is 0 Å². The summed E-state index contributed by atoms with van der Waals surface area (Å²) in [6.45, 7) is 0.510. The van der Waals surface area contributed by atoms with Gasteiger partial charge in [0.15, 0.2) is 0 Å². The first kappa shape index (κ1) is 11.9. The first-order valence-electron chi connectivity index (χ1n) is 6.16. The molecule has 17 heavy (non-hydrogen) atoms. The van der Waals surface area contributed by atoms with Crippen LogP contribution in [0.15, 0.2) is 60.7 Å². The van der Waals surface area contributed by atoms with E-state index < -0.39 is 0 Å². The van der Waals surface area contributed by atoms with Crippen molar-refractivity contribution in [3.63, 3.8) is 0 Å². The molecule has 1 N–H and O–H groups in total. The fraction of sp³-hybridized carbons (Fsp3) is 0.250. The SMILES string of the molecule is [NH]CCCC(c1ccccc1)c1ccccc1. The molecule has 1 radical (unpaired) electrons. The van der Waals surface area contributed by atoms with Crippen LogP contribution in [0, 0.1) is 0 Å². The highest BCUT2D eigenvalue weighted by molar-refractivity contribution is 5.32. The fourth-order valence-electron chi connectivity index (χ4n) is 2.20. The van der Waals surface area contributed by atoms with Gasteiger partial charge in [-0.3, -0.25) is 5.73 Å². The molecular weight excluding hydrogens is 206 g/mol. The van der Waals surface area contributed by atoms with Gasteiger partial charge in [-0.2, -0.15) is 0 Å². The second-order valence-electron chi connectivity index (χ2n) is 4.27. The van der Waals surface area contributed by atoms with Crippen molar-refractivity contribution in [3.05, 3.63) is 71.8 Å². The molecule has 0 aromatic heterocycles. The van der Waals surface area contributed by atoms with E-state index in [1.54, 1.807) is 0 Å². The number of rotatable bonds is 5. The van der Waals surface area contributed by atoms with Crippen LogP contribution >= 0.6 is 0 Å². The van der Waals surface area contributed by atoms with E-state index >= 15 is 0 Å². The van der Waals surface area contributed by atoms with Crippen molar-refractivity contribution in [2.45, 2.75) is 18.8 Å². The van der Waals surface area contributed by atoms with Crippen molar-refractivity contribution in [3.8, 4) is 0 Å². The molecule has 0 heterocycles. The second kappa shape index (κ2) is 6.21. The largest absolute Gasteiger partial charge is 0.258 e. The first-order valence-corrected chi connectivity index (χ1v) is 6.16. The smallest absolute Gasteiger partial charge is 0.0100 e. The molecule has 0 atom stereocenters.